The molecule has 4 nitrogen and oxygen atoms in total. The van der Waals surface area contributed by atoms with Gasteiger partial charge in [-0.25, -0.2) is 8.78 Å². The van der Waals surface area contributed by atoms with Crippen molar-refractivity contribution in [2.45, 2.75) is 31.9 Å². The zero-order valence-electron chi connectivity index (χ0n) is 12.7. The Kier molecular flexibility index (Phi) is 6.27. The van der Waals surface area contributed by atoms with Crippen LogP contribution in [0.3, 0.4) is 0 Å². The Hall–Kier alpha value is -1.53. The molecule has 0 spiro atoms. The lowest BCUT2D eigenvalue weighted by Gasteiger charge is -2.25. The van der Waals surface area contributed by atoms with Crippen LogP contribution in [0.5, 0.6) is 0 Å². The number of carbonyl (C=O) groups is 1. The van der Waals surface area contributed by atoms with Crippen molar-refractivity contribution in [3.63, 3.8) is 0 Å². The van der Waals surface area contributed by atoms with Crippen molar-refractivity contribution in [3.05, 3.63) is 35.4 Å². The summed E-state index contributed by atoms with van der Waals surface area (Å²) in [6.07, 6.45) is 2.24. The molecule has 122 valence electrons. The van der Waals surface area contributed by atoms with Crippen LogP contribution in [-0.4, -0.2) is 43.8 Å². The number of carbonyl (C=O) groups excluding carboxylic acids is 1. The zero-order valence-corrected chi connectivity index (χ0v) is 12.7. The molecule has 0 amide bonds. The molecular formula is C16H21F2NO3. The van der Waals surface area contributed by atoms with E-state index in [4.69, 9.17) is 4.74 Å². The van der Waals surface area contributed by atoms with Gasteiger partial charge < -0.3 is 9.47 Å². The largest absolute Gasteiger partial charge is 0.469 e. The maximum atomic E-state index is 13.8. The van der Waals surface area contributed by atoms with E-state index >= 15 is 0 Å². The third-order valence-electron chi connectivity index (χ3n) is 3.77. The van der Waals surface area contributed by atoms with Crippen LogP contribution in [0, 0.1) is 11.6 Å². The SMILES string of the molecule is COC(=O)CCN(Cc1cccc(F)c1F)CC1CCCO1. The van der Waals surface area contributed by atoms with Crippen LogP contribution in [0.2, 0.25) is 0 Å². The summed E-state index contributed by atoms with van der Waals surface area (Å²) in [6, 6.07) is 4.13. The molecule has 0 radical (unpaired) electrons. The monoisotopic (exact) mass is 313 g/mol. The van der Waals surface area contributed by atoms with Crippen LogP contribution in [0.15, 0.2) is 18.2 Å². The van der Waals surface area contributed by atoms with Gasteiger partial charge >= 0.3 is 5.97 Å². The maximum Gasteiger partial charge on any atom is 0.306 e. The van der Waals surface area contributed by atoms with E-state index < -0.39 is 11.6 Å². The number of hydrogen-bond acceptors (Lipinski definition) is 4. The Balaban J connectivity index is 2.01. The number of methoxy groups -OCH3 is 1. The van der Waals surface area contributed by atoms with Gasteiger partial charge in [0.1, 0.15) is 0 Å². The van der Waals surface area contributed by atoms with Gasteiger partial charge in [0.2, 0.25) is 0 Å². The van der Waals surface area contributed by atoms with Crippen LogP contribution in [0.1, 0.15) is 24.8 Å². The molecule has 1 aliphatic heterocycles. The summed E-state index contributed by atoms with van der Waals surface area (Å²) in [4.78, 5) is 13.2. The molecule has 1 aromatic rings. The van der Waals surface area contributed by atoms with E-state index in [9.17, 15) is 13.6 Å². The Morgan fingerprint density at radius 2 is 2.27 bits per heavy atom. The van der Waals surface area contributed by atoms with Crippen molar-refractivity contribution in [1.82, 2.24) is 4.90 Å². The summed E-state index contributed by atoms with van der Waals surface area (Å²) in [5, 5.41) is 0. The van der Waals surface area contributed by atoms with Gasteiger partial charge in [0.15, 0.2) is 11.6 Å². The van der Waals surface area contributed by atoms with Gasteiger partial charge in [-0.2, -0.15) is 0 Å². The van der Waals surface area contributed by atoms with Gasteiger partial charge in [-0.1, -0.05) is 12.1 Å². The highest BCUT2D eigenvalue weighted by atomic mass is 19.2. The number of rotatable bonds is 7. The number of halogens is 2. The number of ether oxygens (including phenoxy) is 2. The highest BCUT2D eigenvalue weighted by molar-refractivity contribution is 5.69. The fourth-order valence-electron chi connectivity index (χ4n) is 2.57. The molecule has 0 saturated carbocycles. The second kappa shape index (κ2) is 8.19. The lowest BCUT2D eigenvalue weighted by molar-refractivity contribution is -0.141. The smallest absolute Gasteiger partial charge is 0.306 e. The Morgan fingerprint density at radius 3 is 2.95 bits per heavy atom. The molecule has 0 bridgehead atoms. The molecule has 0 aliphatic carbocycles. The third-order valence-corrected chi connectivity index (χ3v) is 3.77. The summed E-state index contributed by atoms with van der Waals surface area (Å²) >= 11 is 0. The first-order valence-electron chi connectivity index (χ1n) is 7.44. The lowest BCUT2D eigenvalue weighted by Crippen LogP contribution is -2.34. The molecule has 1 aliphatic rings. The van der Waals surface area contributed by atoms with Gasteiger partial charge in [0.25, 0.3) is 0 Å². The second-order valence-electron chi connectivity index (χ2n) is 5.41. The topological polar surface area (TPSA) is 38.8 Å². The Morgan fingerprint density at radius 1 is 1.45 bits per heavy atom. The molecule has 6 heteroatoms. The van der Waals surface area contributed by atoms with Gasteiger partial charge in [0.05, 0.1) is 19.6 Å². The van der Waals surface area contributed by atoms with Crippen LogP contribution >= 0.6 is 0 Å². The fourth-order valence-corrected chi connectivity index (χ4v) is 2.57. The van der Waals surface area contributed by atoms with Crippen LogP contribution in [0.25, 0.3) is 0 Å². The number of hydrogen-bond donors (Lipinski definition) is 0. The summed E-state index contributed by atoms with van der Waals surface area (Å²) in [7, 11) is 1.33. The average molecular weight is 313 g/mol. The molecule has 0 N–H and O–H groups in total. The molecular weight excluding hydrogens is 292 g/mol. The molecule has 1 unspecified atom stereocenters. The molecule has 22 heavy (non-hydrogen) atoms. The first-order valence-corrected chi connectivity index (χ1v) is 7.44. The quantitative estimate of drug-likeness (QED) is 0.725. The highest BCUT2D eigenvalue weighted by Crippen LogP contribution is 2.18. The molecule has 1 aromatic carbocycles. The number of esters is 1. The van der Waals surface area contributed by atoms with Crippen molar-refractivity contribution in [2.24, 2.45) is 0 Å². The van der Waals surface area contributed by atoms with Crippen molar-refractivity contribution < 1.29 is 23.0 Å². The summed E-state index contributed by atoms with van der Waals surface area (Å²) in [5.74, 6) is -2.02. The van der Waals surface area contributed by atoms with E-state index in [1.807, 2.05) is 4.90 Å². The highest BCUT2D eigenvalue weighted by Gasteiger charge is 2.21. The summed E-state index contributed by atoms with van der Waals surface area (Å²) in [6.45, 7) is 1.97. The standard InChI is InChI=1S/C16H21F2NO3/c1-21-15(20)7-8-19(11-13-5-3-9-22-13)10-12-4-2-6-14(17)16(12)18/h2,4,6,13H,3,5,7-11H2,1H3. The van der Waals surface area contributed by atoms with E-state index in [-0.39, 0.29) is 30.6 Å². The molecule has 1 atom stereocenters. The number of nitrogens with zero attached hydrogens (tertiary/aromatic N) is 1. The van der Waals surface area contributed by atoms with E-state index in [2.05, 4.69) is 4.74 Å². The fraction of sp³-hybridized carbons (Fsp3) is 0.562. The summed E-state index contributed by atoms with van der Waals surface area (Å²) < 4.78 is 37.3. The van der Waals surface area contributed by atoms with E-state index in [1.165, 1.54) is 13.2 Å². The predicted molar refractivity (Wildman–Crippen MR) is 77.2 cm³/mol. The zero-order chi connectivity index (χ0) is 15.9. The second-order valence-corrected chi connectivity index (χ2v) is 5.41. The average Bonchev–Trinajstić information content (AvgIpc) is 3.02. The first kappa shape index (κ1) is 16.8. The maximum absolute atomic E-state index is 13.8. The van der Waals surface area contributed by atoms with E-state index in [0.717, 1.165) is 25.5 Å². The minimum absolute atomic E-state index is 0.0780. The summed E-state index contributed by atoms with van der Waals surface area (Å²) in [5.41, 5.74) is 0.280. The first-order chi connectivity index (χ1) is 10.6. The van der Waals surface area contributed by atoms with Crippen molar-refractivity contribution in [2.75, 3.05) is 26.8 Å². The van der Waals surface area contributed by atoms with Gasteiger partial charge in [-0.05, 0) is 18.9 Å². The normalized spacial score (nSPS) is 17.9. The molecule has 1 fully saturated rings. The minimum atomic E-state index is -0.859. The van der Waals surface area contributed by atoms with Gasteiger partial charge in [-0.3, -0.25) is 9.69 Å². The van der Waals surface area contributed by atoms with Crippen molar-refractivity contribution in [1.29, 1.82) is 0 Å². The van der Waals surface area contributed by atoms with Crippen molar-refractivity contribution in [3.8, 4) is 0 Å². The number of benzene rings is 1. The van der Waals surface area contributed by atoms with Crippen LogP contribution < -0.4 is 0 Å². The molecule has 0 aromatic heterocycles. The van der Waals surface area contributed by atoms with Crippen LogP contribution in [0.4, 0.5) is 8.78 Å². The molecule has 2 rings (SSSR count). The van der Waals surface area contributed by atoms with E-state index in [1.54, 1.807) is 6.07 Å². The van der Waals surface area contributed by atoms with Gasteiger partial charge in [-0.15, -0.1) is 0 Å². The Labute approximate surface area is 129 Å². The molecule has 1 saturated heterocycles. The van der Waals surface area contributed by atoms with Crippen molar-refractivity contribution >= 4 is 5.97 Å². The third kappa shape index (κ3) is 4.74. The Bertz CT molecular complexity index is 504. The van der Waals surface area contributed by atoms with Gasteiger partial charge in [0, 0.05) is 31.8 Å². The van der Waals surface area contributed by atoms with E-state index in [0.29, 0.717) is 13.1 Å². The predicted octanol–water partition coefficient (Wildman–Crippen LogP) is 2.51. The minimum Gasteiger partial charge on any atom is -0.469 e. The molecule has 1 heterocycles. The lowest BCUT2D eigenvalue weighted by atomic mass is 10.1. The van der Waals surface area contributed by atoms with Crippen LogP contribution in [-0.2, 0) is 20.8 Å².